The third-order valence-corrected chi connectivity index (χ3v) is 2.93. The van der Waals surface area contributed by atoms with Gasteiger partial charge >= 0.3 is 11.9 Å². The third kappa shape index (κ3) is 4.31. The summed E-state index contributed by atoms with van der Waals surface area (Å²) in [5, 5.41) is 0. The topological polar surface area (TPSA) is 52.6 Å². The van der Waals surface area contributed by atoms with Gasteiger partial charge in [-0.25, -0.2) is 9.59 Å². The normalized spacial score (nSPS) is 9.82. The van der Waals surface area contributed by atoms with E-state index in [1.165, 1.54) is 6.08 Å². The first-order valence-electron chi connectivity index (χ1n) is 6.80. The Morgan fingerprint density at radius 2 is 1.45 bits per heavy atom. The molecule has 0 bridgehead atoms. The maximum Gasteiger partial charge on any atom is 0.417 e. The van der Waals surface area contributed by atoms with Gasteiger partial charge in [0.1, 0.15) is 13.2 Å². The van der Waals surface area contributed by atoms with Crippen LogP contribution in [0.3, 0.4) is 0 Å². The number of ether oxygens (including phenoxy) is 2. The molecule has 0 heterocycles. The summed E-state index contributed by atoms with van der Waals surface area (Å²) in [4.78, 5) is 22.6. The minimum atomic E-state index is -1.01. The lowest BCUT2D eigenvalue weighted by Gasteiger charge is -2.06. The predicted molar refractivity (Wildman–Crippen MR) is 82.8 cm³/mol. The number of rotatable bonds is 5. The standard InChI is InChI=1S/C18H16O4/c1-2-12-21-17(19)18(20)22-13-14-8-10-16(11-9-14)15-6-4-3-5-7-15/h2-11H,1,12-13H2. The molecular weight excluding hydrogens is 280 g/mol. The number of carbonyl (C=O) groups is 2. The van der Waals surface area contributed by atoms with Crippen molar-refractivity contribution in [2.45, 2.75) is 6.61 Å². The van der Waals surface area contributed by atoms with E-state index in [-0.39, 0.29) is 13.2 Å². The van der Waals surface area contributed by atoms with Crippen molar-refractivity contribution in [3.05, 3.63) is 72.8 Å². The lowest BCUT2D eigenvalue weighted by Crippen LogP contribution is -2.20. The molecule has 0 saturated heterocycles. The quantitative estimate of drug-likeness (QED) is 0.483. The SMILES string of the molecule is C=CCOC(=O)C(=O)OCc1ccc(-c2ccccc2)cc1. The van der Waals surface area contributed by atoms with Gasteiger partial charge in [0, 0.05) is 0 Å². The second-order valence-electron chi connectivity index (χ2n) is 4.53. The van der Waals surface area contributed by atoms with Crippen molar-refractivity contribution < 1.29 is 19.1 Å². The Labute approximate surface area is 129 Å². The summed E-state index contributed by atoms with van der Waals surface area (Å²) < 4.78 is 9.47. The second kappa shape index (κ2) is 7.78. The van der Waals surface area contributed by atoms with E-state index in [2.05, 4.69) is 11.3 Å². The van der Waals surface area contributed by atoms with E-state index < -0.39 is 11.9 Å². The minimum Gasteiger partial charge on any atom is -0.453 e. The van der Waals surface area contributed by atoms with Crippen molar-refractivity contribution in [1.29, 1.82) is 0 Å². The maximum absolute atomic E-state index is 11.4. The average Bonchev–Trinajstić information content (AvgIpc) is 2.58. The lowest BCUT2D eigenvalue weighted by molar-refractivity contribution is -0.167. The Bertz CT molecular complexity index is 645. The van der Waals surface area contributed by atoms with Gasteiger partial charge in [0.05, 0.1) is 0 Å². The summed E-state index contributed by atoms with van der Waals surface area (Å²) in [6, 6.07) is 17.5. The summed E-state index contributed by atoms with van der Waals surface area (Å²) in [5.74, 6) is -2.02. The highest BCUT2D eigenvalue weighted by Crippen LogP contribution is 2.19. The minimum absolute atomic E-state index is 0.0142. The molecule has 4 nitrogen and oxygen atoms in total. The summed E-state index contributed by atoms with van der Waals surface area (Å²) >= 11 is 0. The second-order valence-corrected chi connectivity index (χ2v) is 4.53. The first-order valence-corrected chi connectivity index (χ1v) is 6.80. The van der Waals surface area contributed by atoms with Crippen molar-refractivity contribution in [2.75, 3.05) is 6.61 Å². The fraction of sp³-hybridized carbons (Fsp3) is 0.111. The summed E-state index contributed by atoms with van der Waals surface area (Å²) in [6.07, 6.45) is 1.38. The molecule has 0 saturated carbocycles. The number of esters is 2. The number of benzene rings is 2. The maximum atomic E-state index is 11.4. The molecule has 0 radical (unpaired) electrons. The van der Waals surface area contributed by atoms with Gasteiger partial charge < -0.3 is 9.47 Å². The van der Waals surface area contributed by atoms with E-state index in [9.17, 15) is 9.59 Å². The van der Waals surface area contributed by atoms with Gasteiger partial charge in [0.2, 0.25) is 0 Å². The monoisotopic (exact) mass is 296 g/mol. The molecule has 4 heteroatoms. The Morgan fingerprint density at radius 3 is 2.09 bits per heavy atom. The van der Waals surface area contributed by atoms with Crippen LogP contribution in [0.15, 0.2) is 67.3 Å². The van der Waals surface area contributed by atoms with Crippen LogP contribution in [0.5, 0.6) is 0 Å². The summed E-state index contributed by atoms with van der Waals surface area (Å²) in [6.45, 7) is 3.40. The molecule has 0 aliphatic heterocycles. The zero-order valence-electron chi connectivity index (χ0n) is 12.0. The number of carbonyl (C=O) groups excluding carboxylic acids is 2. The van der Waals surface area contributed by atoms with Crippen LogP contribution in [0.25, 0.3) is 11.1 Å². The lowest BCUT2D eigenvalue weighted by atomic mass is 10.0. The van der Waals surface area contributed by atoms with Gasteiger partial charge in [-0.15, -0.1) is 0 Å². The summed E-state index contributed by atoms with van der Waals surface area (Å²) in [5.41, 5.74) is 2.98. The van der Waals surface area contributed by atoms with Crippen molar-refractivity contribution in [1.82, 2.24) is 0 Å². The molecule has 2 aromatic rings. The van der Waals surface area contributed by atoms with Gasteiger partial charge in [0.15, 0.2) is 0 Å². The third-order valence-electron chi connectivity index (χ3n) is 2.93. The molecule has 22 heavy (non-hydrogen) atoms. The molecule has 0 unspecified atom stereocenters. The van der Waals surface area contributed by atoms with E-state index in [0.29, 0.717) is 0 Å². The molecule has 0 aliphatic carbocycles. The predicted octanol–water partition coefficient (Wildman–Crippen LogP) is 3.13. The van der Waals surface area contributed by atoms with Gasteiger partial charge in [-0.1, -0.05) is 67.3 Å². The zero-order chi connectivity index (χ0) is 15.8. The number of hydrogen-bond acceptors (Lipinski definition) is 4. The molecule has 0 atom stereocenters. The van der Waals surface area contributed by atoms with Crippen LogP contribution < -0.4 is 0 Å². The molecule has 0 fully saturated rings. The van der Waals surface area contributed by atoms with Crippen molar-refractivity contribution in [3.8, 4) is 11.1 Å². The highest BCUT2D eigenvalue weighted by molar-refractivity contribution is 6.29. The van der Waals surface area contributed by atoms with Crippen LogP contribution in [0.4, 0.5) is 0 Å². The van der Waals surface area contributed by atoms with Crippen LogP contribution in [0.2, 0.25) is 0 Å². The summed E-state index contributed by atoms with van der Waals surface area (Å²) in [7, 11) is 0. The Kier molecular flexibility index (Phi) is 5.49. The van der Waals surface area contributed by atoms with Crippen molar-refractivity contribution in [3.63, 3.8) is 0 Å². The highest BCUT2D eigenvalue weighted by Gasteiger charge is 2.16. The van der Waals surface area contributed by atoms with Gasteiger partial charge in [-0.3, -0.25) is 0 Å². The fourth-order valence-corrected chi connectivity index (χ4v) is 1.83. The van der Waals surface area contributed by atoms with Crippen molar-refractivity contribution in [2.24, 2.45) is 0 Å². The van der Waals surface area contributed by atoms with Crippen LogP contribution in [-0.2, 0) is 25.7 Å². The molecule has 2 aromatic carbocycles. The molecule has 0 amide bonds. The highest BCUT2D eigenvalue weighted by atomic mass is 16.6. The van der Waals surface area contributed by atoms with Crippen LogP contribution in [-0.4, -0.2) is 18.5 Å². The first kappa shape index (κ1) is 15.5. The Morgan fingerprint density at radius 1 is 0.864 bits per heavy atom. The Hall–Kier alpha value is -2.88. The molecule has 2 rings (SSSR count). The Balaban J connectivity index is 1.90. The van der Waals surface area contributed by atoms with Crippen LogP contribution in [0.1, 0.15) is 5.56 Å². The van der Waals surface area contributed by atoms with E-state index in [1.54, 1.807) is 0 Å². The fourth-order valence-electron chi connectivity index (χ4n) is 1.83. The largest absolute Gasteiger partial charge is 0.453 e. The van der Waals surface area contributed by atoms with E-state index >= 15 is 0 Å². The van der Waals surface area contributed by atoms with Crippen LogP contribution in [0, 0.1) is 0 Å². The zero-order valence-corrected chi connectivity index (χ0v) is 12.0. The molecule has 112 valence electrons. The van der Waals surface area contributed by atoms with Gasteiger partial charge in [-0.2, -0.15) is 0 Å². The van der Waals surface area contributed by atoms with E-state index in [1.807, 2.05) is 54.6 Å². The van der Waals surface area contributed by atoms with E-state index in [4.69, 9.17) is 4.74 Å². The number of hydrogen-bond donors (Lipinski definition) is 0. The molecule has 0 N–H and O–H groups in total. The van der Waals surface area contributed by atoms with Gasteiger partial charge in [0.25, 0.3) is 0 Å². The first-order chi connectivity index (χ1) is 10.7. The molecule has 0 aromatic heterocycles. The van der Waals surface area contributed by atoms with Gasteiger partial charge in [-0.05, 0) is 16.7 Å². The average molecular weight is 296 g/mol. The van der Waals surface area contributed by atoms with E-state index in [0.717, 1.165) is 16.7 Å². The molecule has 0 aliphatic rings. The smallest absolute Gasteiger partial charge is 0.417 e. The molecule has 0 spiro atoms. The van der Waals surface area contributed by atoms with Crippen LogP contribution >= 0.6 is 0 Å². The molecular formula is C18H16O4. The van der Waals surface area contributed by atoms with Crippen molar-refractivity contribution >= 4 is 11.9 Å².